The first kappa shape index (κ1) is 19.0. The number of nitrogens with two attached hydrogens (primary N) is 1. The van der Waals surface area contributed by atoms with E-state index < -0.39 is 0 Å². The van der Waals surface area contributed by atoms with Crippen molar-refractivity contribution < 1.29 is 14.3 Å². The van der Waals surface area contributed by atoms with E-state index in [1.807, 2.05) is 0 Å². The molecule has 0 aliphatic carbocycles. The van der Waals surface area contributed by atoms with Crippen LogP contribution in [0.2, 0.25) is 0 Å². The highest BCUT2D eigenvalue weighted by molar-refractivity contribution is 5.85. The SMILES string of the molecule is COCCOCC(=O)NC(CN)CC(C)C.Cl. The highest BCUT2D eigenvalue weighted by Crippen LogP contribution is 2.03. The van der Waals surface area contributed by atoms with Crippen molar-refractivity contribution in [2.75, 3.05) is 33.5 Å². The molecule has 0 aromatic rings. The molecule has 0 aliphatic rings. The fourth-order valence-electron chi connectivity index (χ4n) is 1.36. The molecule has 0 spiro atoms. The predicted octanol–water partition coefficient (Wildman–Crippen LogP) is 0.561. The second kappa shape index (κ2) is 12.1. The zero-order chi connectivity index (χ0) is 12.4. The van der Waals surface area contributed by atoms with Crippen LogP contribution in [0.3, 0.4) is 0 Å². The molecule has 5 nitrogen and oxygen atoms in total. The summed E-state index contributed by atoms with van der Waals surface area (Å²) in [5.41, 5.74) is 5.57. The molecule has 1 amide bonds. The van der Waals surface area contributed by atoms with Gasteiger partial charge in [0.15, 0.2) is 0 Å². The van der Waals surface area contributed by atoms with Gasteiger partial charge in [-0.25, -0.2) is 0 Å². The van der Waals surface area contributed by atoms with Crippen LogP contribution in [0.1, 0.15) is 20.3 Å². The predicted molar refractivity (Wildman–Crippen MR) is 70.4 cm³/mol. The topological polar surface area (TPSA) is 73.6 Å². The molecular weight excluding hydrogens is 244 g/mol. The molecule has 1 unspecified atom stereocenters. The minimum absolute atomic E-state index is 0. The van der Waals surface area contributed by atoms with Crippen LogP contribution in [0.15, 0.2) is 0 Å². The molecule has 0 saturated carbocycles. The van der Waals surface area contributed by atoms with Crippen LogP contribution in [-0.4, -0.2) is 45.4 Å². The first-order valence-electron chi connectivity index (χ1n) is 5.66. The molecule has 0 radical (unpaired) electrons. The Bertz CT molecular complexity index is 192. The number of nitrogens with one attached hydrogen (secondary N) is 1. The van der Waals surface area contributed by atoms with E-state index in [4.69, 9.17) is 15.2 Å². The van der Waals surface area contributed by atoms with Gasteiger partial charge < -0.3 is 20.5 Å². The summed E-state index contributed by atoms with van der Waals surface area (Å²) >= 11 is 0. The van der Waals surface area contributed by atoms with Crippen LogP contribution >= 0.6 is 12.4 Å². The Morgan fingerprint density at radius 1 is 1.35 bits per heavy atom. The summed E-state index contributed by atoms with van der Waals surface area (Å²) in [6.45, 7) is 5.66. The van der Waals surface area contributed by atoms with E-state index in [0.29, 0.717) is 25.7 Å². The second-order valence-corrected chi connectivity index (χ2v) is 4.18. The maximum atomic E-state index is 11.4. The summed E-state index contributed by atoms with van der Waals surface area (Å²) in [4.78, 5) is 11.4. The van der Waals surface area contributed by atoms with Gasteiger partial charge in [-0.3, -0.25) is 4.79 Å². The average molecular weight is 269 g/mol. The van der Waals surface area contributed by atoms with Crippen molar-refractivity contribution in [1.82, 2.24) is 5.32 Å². The fourth-order valence-corrected chi connectivity index (χ4v) is 1.36. The number of halogens is 1. The smallest absolute Gasteiger partial charge is 0.246 e. The molecule has 0 fully saturated rings. The van der Waals surface area contributed by atoms with E-state index >= 15 is 0 Å². The summed E-state index contributed by atoms with van der Waals surface area (Å²) in [5.74, 6) is 0.399. The van der Waals surface area contributed by atoms with E-state index in [1.54, 1.807) is 7.11 Å². The number of amides is 1. The standard InChI is InChI=1S/C11H24N2O3.ClH/c1-9(2)6-10(7-12)13-11(14)8-16-5-4-15-3;/h9-10H,4-8,12H2,1-3H3,(H,13,14);1H. The zero-order valence-electron chi connectivity index (χ0n) is 10.9. The summed E-state index contributed by atoms with van der Waals surface area (Å²) in [7, 11) is 1.59. The van der Waals surface area contributed by atoms with Gasteiger partial charge in [0.1, 0.15) is 6.61 Å². The molecule has 6 heteroatoms. The molecule has 104 valence electrons. The molecule has 3 N–H and O–H groups in total. The van der Waals surface area contributed by atoms with Gasteiger partial charge in [0.2, 0.25) is 5.91 Å². The van der Waals surface area contributed by atoms with E-state index in [-0.39, 0.29) is 31.0 Å². The van der Waals surface area contributed by atoms with E-state index in [9.17, 15) is 4.79 Å². The maximum absolute atomic E-state index is 11.4. The van der Waals surface area contributed by atoms with E-state index in [0.717, 1.165) is 6.42 Å². The lowest BCUT2D eigenvalue weighted by Crippen LogP contribution is -2.42. The largest absolute Gasteiger partial charge is 0.382 e. The van der Waals surface area contributed by atoms with Gasteiger partial charge in [-0.15, -0.1) is 12.4 Å². The minimum Gasteiger partial charge on any atom is -0.382 e. The molecule has 0 aromatic heterocycles. The lowest BCUT2D eigenvalue weighted by molar-refractivity contribution is -0.126. The molecule has 0 rings (SSSR count). The fraction of sp³-hybridized carbons (Fsp3) is 0.909. The Hall–Kier alpha value is -0.360. The number of methoxy groups -OCH3 is 1. The molecular formula is C11H25ClN2O3. The van der Waals surface area contributed by atoms with Crippen molar-refractivity contribution in [3.05, 3.63) is 0 Å². The third kappa shape index (κ3) is 11.9. The third-order valence-electron chi connectivity index (χ3n) is 2.07. The van der Waals surface area contributed by atoms with Crippen molar-refractivity contribution in [2.24, 2.45) is 11.7 Å². The highest BCUT2D eigenvalue weighted by atomic mass is 35.5. The molecule has 1 atom stereocenters. The number of carbonyl (C=O) groups excluding carboxylic acids is 1. The monoisotopic (exact) mass is 268 g/mol. The molecule has 0 saturated heterocycles. The van der Waals surface area contributed by atoms with Gasteiger partial charge >= 0.3 is 0 Å². The van der Waals surface area contributed by atoms with Crippen molar-refractivity contribution in [2.45, 2.75) is 26.3 Å². The van der Waals surface area contributed by atoms with Crippen LogP contribution in [0.4, 0.5) is 0 Å². The first-order valence-corrected chi connectivity index (χ1v) is 5.66. The summed E-state index contributed by atoms with van der Waals surface area (Å²) < 4.78 is 9.91. The van der Waals surface area contributed by atoms with Gasteiger partial charge in [-0.2, -0.15) is 0 Å². The van der Waals surface area contributed by atoms with Crippen molar-refractivity contribution in [1.29, 1.82) is 0 Å². The number of carbonyl (C=O) groups is 1. The molecule has 0 heterocycles. The Labute approximate surface area is 110 Å². The van der Waals surface area contributed by atoms with Crippen molar-refractivity contribution >= 4 is 18.3 Å². The number of hydrogen-bond donors (Lipinski definition) is 2. The number of rotatable bonds is 9. The number of hydrogen-bond acceptors (Lipinski definition) is 4. The molecule has 0 aromatic carbocycles. The molecule has 17 heavy (non-hydrogen) atoms. The van der Waals surface area contributed by atoms with E-state index in [2.05, 4.69) is 19.2 Å². The highest BCUT2D eigenvalue weighted by Gasteiger charge is 2.12. The Morgan fingerprint density at radius 3 is 2.47 bits per heavy atom. The average Bonchev–Trinajstić information content (AvgIpc) is 2.23. The van der Waals surface area contributed by atoms with E-state index in [1.165, 1.54) is 0 Å². The number of ether oxygens (including phenoxy) is 2. The second-order valence-electron chi connectivity index (χ2n) is 4.18. The van der Waals surface area contributed by atoms with Gasteiger partial charge in [-0.1, -0.05) is 13.8 Å². The van der Waals surface area contributed by atoms with Crippen LogP contribution in [0.25, 0.3) is 0 Å². The third-order valence-corrected chi connectivity index (χ3v) is 2.07. The summed E-state index contributed by atoms with van der Waals surface area (Å²) in [6, 6.07) is 0.0403. The lowest BCUT2D eigenvalue weighted by atomic mass is 10.0. The maximum Gasteiger partial charge on any atom is 0.246 e. The van der Waals surface area contributed by atoms with Gasteiger partial charge in [-0.05, 0) is 12.3 Å². The van der Waals surface area contributed by atoms with Gasteiger partial charge in [0.05, 0.1) is 13.2 Å². The van der Waals surface area contributed by atoms with Crippen LogP contribution in [-0.2, 0) is 14.3 Å². The Morgan fingerprint density at radius 2 is 2.00 bits per heavy atom. The zero-order valence-corrected chi connectivity index (χ0v) is 11.7. The Kier molecular flexibility index (Phi) is 13.5. The molecule has 0 aliphatic heterocycles. The van der Waals surface area contributed by atoms with Crippen LogP contribution in [0, 0.1) is 5.92 Å². The Balaban J connectivity index is 0. The summed E-state index contributed by atoms with van der Waals surface area (Å²) in [6.07, 6.45) is 0.889. The lowest BCUT2D eigenvalue weighted by Gasteiger charge is -2.18. The first-order chi connectivity index (χ1) is 7.60. The van der Waals surface area contributed by atoms with Crippen molar-refractivity contribution in [3.8, 4) is 0 Å². The normalized spacial score (nSPS) is 12.1. The summed E-state index contributed by atoms with van der Waals surface area (Å²) in [5, 5.41) is 2.85. The van der Waals surface area contributed by atoms with Crippen LogP contribution in [0.5, 0.6) is 0 Å². The van der Waals surface area contributed by atoms with Crippen molar-refractivity contribution in [3.63, 3.8) is 0 Å². The quantitative estimate of drug-likeness (QED) is 0.600. The minimum atomic E-state index is -0.118. The molecule has 0 bridgehead atoms. The van der Waals surface area contributed by atoms with Gasteiger partial charge in [0, 0.05) is 19.7 Å². The van der Waals surface area contributed by atoms with Gasteiger partial charge in [0.25, 0.3) is 0 Å². The van der Waals surface area contributed by atoms with Crippen LogP contribution < -0.4 is 11.1 Å².